The Bertz CT molecular complexity index is 632. The minimum Gasteiger partial charge on any atom is -0.383 e. The van der Waals surface area contributed by atoms with Gasteiger partial charge < -0.3 is 10.1 Å². The summed E-state index contributed by atoms with van der Waals surface area (Å²) in [6, 6.07) is 16.9. The highest BCUT2D eigenvalue weighted by atomic mass is 35.5. The summed E-state index contributed by atoms with van der Waals surface area (Å²) in [5.74, 6) is -0.0515. The number of halogens is 1. The van der Waals surface area contributed by atoms with Crippen molar-refractivity contribution in [1.29, 1.82) is 0 Å². The van der Waals surface area contributed by atoms with E-state index in [0.29, 0.717) is 24.7 Å². The Morgan fingerprint density at radius 2 is 1.83 bits per heavy atom. The number of carbonyl (C=O) groups excluding carboxylic acids is 1. The lowest BCUT2D eigenvalue weighted by Gasteiger charge is -2.28. The van der Waals surface area contributed by atoms with Crippen LogP contribution in [0.15, 0.2) is 54.6 Å². The second kappa shape index (κ2) is 9.42. The van der Waals surface area contributed by atoms with Crippen molar-refractivity contribution in [2.45, 2.75) is 19.5 Å². The molecule has 24 heavy (non-hydrogen) atoms. The summed E-state index contributed by atoms with van der Waals surface area (Å²) in [5.41, 5.74) is 1.90. The Hall–Kier alpha value is -1.88. The highest BCUT2D eigenvalue weighted by Crippen LogP contribution is 2.15. The number of hydrogen-bond donors (Lipinski definition) is 1. The molecule has 0 saturated carbocycles. The maximum atomic E-state index is 12.6. The Morgan fingerprint density at radius 1 is 1.17 bits per heavy atom. The number of amides is 1. The molecule has 0 radical (unpaired) electrons. The van der Waals surface area contributed by atoms with Gasteiger partial charge in [-0.1, -0.05) is 41.9 Å². The molecule has 2 rings (SSSR count). The minimum atomic E-state index is -0.281. The Labute approximate surface area is 148 Å². The number of benzene rings is 2. The molecular weight excluding hydrogens is 324 g/mol. The molecule has 5 heteroatoms. The van der Waals surface area contributed by atoms with Crippen LogP contribution < -0.4 is 5.32 Å². The predicted octanol–water partition coefficient (Wildman–Crippen LogP) is 3.82. The smallest absolute Gasteiger partial charge is 0.241 e. The first-order valence-electron chi connectivity index (χ1n) is 7.93. The van der Waals surface area contributed by atoms with E-state index in [-0.39, 0.29) is 11.9 Å². The zero-order valence-corrected chi connectivity index (χ0v) is 14.8. The quantitative estimate of drug-likeness (QED) is 0.790. The van der Waals surface area contributed by atoms with Crippen molar-refractivity contribution in [1.82, 2.24) is 4.90 Å². The van der Waals surface area contributed by atoms with Crippen LogP contribution in [0.25, 0.3) is 0 Å². The fourth-order valence-corrected chi connectivity index (χ4v) is 2.51. The first-order valence-corrected chi connectivity index (χ1v) is 8.31. The average molecular weight is 347 g/mol. The standard InChI is InChI=1S/C19H23ClN2O2/c1-15(19(23)21-18-10-8-17(20)9-11-18)22(12-13-24-2)14-16-6-4-3-5-7-16/h3-11,15H,12-14H2,1-2H3,(H,21,23)/t15-/m0/s1. The Morgan fingerprint density at radius 3 is 2.46 bits per heavy atom. The van der Waals surface area contributed by atoms with E-state index in [1.165, 1.54) is 5.56 Å². The summed E-state index contributed by atoms with van der Waals surface area (Å²) in [4.78, 5) is 14.7. The number of carbonyl (C=O) groups is 1. The van der Waals surface area contributed by atoms with Crippen molar-refractivity contribution in [3.8, 4) is 0 Å². The predicted molar refractivity (Wildman–Crippen MR) is 98.3 cm³/mol. The summed E-state index contributed by atoms with van der Waals surface area (Å²) in [7, 11) is 1.67. The molecule has 4 nitrogen and oxygen atoms in total. The van der Waals surface area contributed by atoms with Crippen LogP contribution in [-0.2, 0) is 16.1 Å². The summed E-state index contributed by atoms with van der Waals surface area (Å²) < 4.78 is 5.18. The molecule has 0 spiro atoms. The molecule has 1 N–H and O–H groups in total. The van der Waals surface area contributed by atoms with E-state index in [0.717, 1.165) is 5.69 Å². The van der Waals surface area contributed by atoms with E-state index in [1.807, 2.05) is 25.1 Å². The molecule has 128 valence electrons. The van der Waals surface area contributed by atoms with Gasteiger partial charge in [0.15, 0.2) is 0 Å². The number of methoxy groups -OCH3 is 1. The van der Waals surface area contributed by atoms with Crippen LogP contribution >= 0.6 is 11.6 Å². The van der Waals surface area contributed by atoms with Gasteiger partial charge in [-0.15, -0.1) is 0 Å². The minimum absolute atomic E-state index is 0.0515. The number of hydrogen-bond acceptors (Lipinski definition) is 3. The van der Waals surface area contributed by atoms with Crippen molar-refractivity contribution in [3.05, 3.63) is 65.2 Å². The zero-order chi connectivity index (χ0) is 17.4. The normalized spacial score (nSPS) is 12.2. The number of anilines is 1. The van der Waals surface area contributed by atoms with Crippen LogP contribution in [0.1, 0.15) is 12.5 Å². The van der Waals surface area contributed by atoms with Gasteiger partial charge in [-0.3, -0.25) is 9.69 Å². The van der Waals surface area contributed by atoms with Gasteiger partial charge in [0.25, 0.3) is 0 Å². The molecule has 0 aliphatic rings. The van der Waals surface area contributed by atoms with E-state index in [1.54, 1.807) is 31.4 Å². The van der Waals surface area contributed by atoms with Crippen LogP contribution in [0.5, 0.6) is 0 Å². The molecule has 1 amide bonds. The molecule has 0 aliphatic carbocycles. The van der Waals surface area contributed by atoms with Gasteiger partial charge in [0.05, 0.1) is 12.6 Å². The number of rotatable bonds is 8. The summed E-state index contributed by atoms with van der Waals surface area (Å²) in [5, 5.41) is 3.58. The van der Waals surface area contributed by atoms with Crippen LogP contribution in [0, 0.1) is 0 Å². The maximum Gasteiger partial charge on any atom is 0.241 e. The third-order valence-corrected chi connectivity index (χ3v) is 4.10. The average Bonchev–Trinajstić information content (AvgIpc) is 2.60. The highest BCUT2D eigenvalue weighted by molar-refractivity contribution is 6.30. The van der Waals surface area contributed by atoms with Gasteiger partial charge in [0.2, 0.25) is 5.91 Å². The largest absolute Gasteiger partial charge is 0.383 e. The Kier molecular flexibility index (Phi) is 7.25. The number of ether oxygens (including phenoxy) is 1. The molecule has 2 aromatic carbocycles. The Balaban J connectivity index is 2.03. The number of nitrogens with one attached hydrogen (secondary N) is 1. The van der Waals surface area contributed by atoms with Crippen LogP contribution in [0.3, 0.4) is 0 Å². The maximum absolute atomic E-state index is 12.6. The van der Waals surface area contributed by atoms with Gasteiger partial charge in [0, 0.05) is 30.9 Å². The molecule has 0 fully saturated rings. The lowest BCUT2D eigenvalue weighted by atomic mass is 10.1. The molecule has 0 bridgehead atoms. The van der Waals surface area contributed by atoms with E-state index < -0.39 is 0 Å². The zero-order valence-electron chi connectivity index (χ0n) is 14.0. The summed E-state index contributed by atoms with van der Waals surface area (Å²) in [6.07, 6.45) is 0. The van der Waals surface area contributed by atoms with E-state index in [4.69, 9.17) is 16.3 Å². The van der Waals surface area contributed by atoms with Crippen LogP contribution in [0.4, 0.5) is 5.69 Å². The van der Waals surface area contributed by atoms with Gasteiger partial charge >= 0.3 is 0 Å². The molecular formula is C19H23ClN2O2. The fraction of sp³-hybridized carbons (Fsp3) is 0.316. The molecule has 1 atom stereocenters. The van der Waals surface area contributed by atoms with Gasteiger partial charge in [-0.05, 0) is 36.8 Å². The van der Waals surface area contributed by atoms with Crippen molar-refractivity contribution >= 4 is 23.2 Å². The van der Waals surface area contributed by atoms with Gasteiger partial charge in [0.1, 0.15) is 0 Å². The second-order valence-corrected chi connectivity index (χ2v) is 6.06. The van der Waals surface area contributed by atoms with Crippen molar-refractivity contribution in [2.24, 2.45) is 0 Å². The van der Waals surface area contributed by atoms with Gasteiger partial charge in [-0.25, -0.2) is 0 Å². The lowest BCUT2D eigenvalue weighted by molar-refractivity contribution is -0.121. The third-order valence-electron chi connectivity index (χ3n) is 3.85. The van der Waals surface area contributed by atoms with E-state index in [9.17, 15) is 4.79 Å². The van der Waals surface area contributed by atoms with E-state index >= 15 is 0 Å². The molecule has 0 aromatic heterocycles. The number of nitrogens with zero attached hydrogens (tertiary/aromatic N) is 1. The third kappa shape index (κ3) is 5.64. The molecule has 0 saturated heterocycles. The summed E-state index contributed by atoms with van der Waals surface area (Å²) >= 11 is 5.87. The van der Waals surface area contributed by atoms with E-state index in [2.05, 4.69) is 22.3 Å². The van der Waals surface area contributed by atoms with Gasteiger partial charge in [-0.2, -0.15) is 0 Å². The molecule has 2 aromatic rings. The topological polar surface area (TPSA) is 41.6 Å². The molecule has 0 unspecified atom stereocenters. The monoisotopic (exact) mass is 346 g/mol. The highest BCUT2D eigenvalue weighted by Gasteiger charge is 2.21. The molecule has 0 aliphatic heterocycles. The van der Waals surface area contributed by atoms with Crippen molar-refractivity contribution in [3.63, 3.8) is 0 Å². The van der Waals surface area contributed by atoms with Crippen LogP contribution in [0.2, 0.25) is 5.02 Å². The van der Waals surface area contributed by atoms with Crippen molar-refractivity contribution < 1.29 is 9.53 Å². The SMILES string of the molecule is COCCN(Cc1ccccc1)[C@@H](C)C(=O)Nc1ccc(Cl)cc1. The van der Waals surface area contributed by atoms with Crippen molar-refractivity contribution in [2.75, 3.05) is 25.6 Å². The van der Waals surface area contributed by atoms with Crippen LogP contribution in [-0.4, -0.2) is 37.1 Å². The fourth-order valence-electron chi connectivity index (χ4n) is 2.38. The first kappa shape index (κ1) is 18.5. The molecule has 0 heterocycles. The lowest BCUT2D eigenvalue weighted by Crippen LogP contribution is -2.43. The first-order chi connectivity index (χ1) is 11.6. The second-order valence-electron chi connectivity index (χ2n) is 5.62. The summed E-state index contributed by atoms with van der Waals surface area (Å²) in [6.45, 7) is 3.86.